The lowest BCUT2D eigenvalue weighted by molar-refractivity contribution is -0.137. The first kappa shape index (κ1) is 18.4. The van der Waals surface area contributed by atoms with Crippen molar-refractivity contribution in [1.29, 1.82) is 0 Å². The molecular formula is C16H22ClN3O4. The number of nitrogens with one attached hydrogen (secondary N) is 2. The minimum Gasteiger partial charge on any atom is -0.481 e. The zero-order chi connectivity index (χ0) is 17.4. The maximum atomic E-state index is 11.8. The van der Waals surface area contributed by atoms with E-state index in [9.17, 15) is 9.59 Å². The Morgan fingerprint density at radius 3 is 2.71 bits per heavy atom. The summed E-state index contributed by atoms with van der Waals surface area (Å²) in [4.78, 5) is 24.4. The maximum absolute atomic E-state index is 11.8. The molecule has 132 valence electrons. The SMILES string of the molecule is O=C(O)CCCNC(=O)NCc1cc(Cl)ccc1N1CCOCC1. The van der Waals surface area contributed by atoms with E-state index in [1.54, 1.807) is 0 Å². The van der Waals surface area contributed by atoms with E-state index in [4.69, 9.17) is 21.4 Å². The largest absolute Gasteiger partial charge is 0.481 e. The average Bonchev–Trinajstić information content (AvgIpc) is 2.57. The van der Waals surface area contributed by atoms with Crippen LogP contribution in [0.4, 0.5) is 10.5 Å². The second-order valence-corrected chi connectivity index (χ2v) is 5.92. The molecule has 0 aliphatic carbocycles. The highest BCUT2D eigenvalue weighted by atomic mass is 35.5. The molecule has 0 radical (unpaired) electrons. The lowest BCUT2D eigenvalue weighted by atomic mass is 10.1. The fourth-order valence-corrected chi connectivity index (χ4v) is 2.68. The van der Waals surface area contributed by atoms with Gasteiger partial charge in [-0.25, -0.2) is 4.79 Å². The Morgan fingerprint density at radius 1 is 1.25 bits per heavy atom. The van der Waals surface area contributed by atoms with Crippen LogP contribution in [-0.2, 0) is 16.1 Å². The molecule has 0 atom stereocenters. The number of carboxylic acids is 1. The molecule has 1 heterocycles. The zero-order valence-electron chi connectivity index (χ0n) is 13.4. The van der Waals surface area contributed by atoms with Gasteiger partial charge in [0.15, 0.2) is 0 Å². The number of benzene rings is 1. The van der Waals surface area contributed by atoms with Crippen LogP contribution < -0.4 is 15.5 Å². The molecule has 0 saturated carbocycles. The van der Waals surface area contributed by atoms with Gasteiger partial charge in [0.1, 0.15) is 0 Å². The molecule has 1 fully saturated rings. The van der Waals surface area contributed by atoms with E-state index in [1.807, 2.05) is 18.2 Å². The number of morpholine rings is 1. The molecule has 8 heteroatoms. The predicted molar refractivity (Wildman–Crippen MR) is 91.6 cm³/mol. The number of urea groups is 1. The van der Waals surface area contributed by atoms with Crippen molar-refractivity contribution in [3.8, 4) is 0 Å². The van der Waals surface area contributed by atoms with Gasteiger partial charge >= 0.3 is 12.0 Å². The summed E-state index contributed by atoms with van der Waals surface area (Å²) in [6.45, 7) is 3.63. The highest BCUT2D eigenvalue weighted by molar-refractivity contribution is 6.30. The molecule has 0 bridgehead atoms. The van der Waals surface area contributed by atoms with Crippen molar-refractivity contribution < 1.29 is 19.4 Å². The second kappa shape index (κ2) is 9.34. The molecule has 1 aliphatic heterocycles. The van der Waals surface area contributed by atoms with Crippen molar-refractivity contribution in [2.24, 2.45) is 0 Å². The van der Waals surface area contributed by atoms with Gasteiger partial charge < -0.3 is 25.4 Å². The van der Waals surface area contributed by atoms with Gasteiger partial charge in [0.25, 0.3) is 0 Å². The normalized spacial score (nSPS) is 14.3. The number of nitrogens with zero attached hydrogens (tertiary/aromatic N) is 1. The molecule has 24 heavy (non-hydrogen) atoms. The van der Waals surface area contributed by atoms with E-state index in [2.05, 4.69) is 15.5 Å². The van der Waals surface area contributed by atoms with Crippen LogP contribution in [0.2, 0.25) is 5.02 Å². The van der Waals surface area contributed by atoms with Gasteiger partial charge in [0.05, 0.1) is 13.2 Å². The van der Waals surface area contributed by atoms with E-state index in [0.717, 1.165) is 24.3 Å². The summed E-state index contributed by atoms with van der Waals surface area (Å²) < 4.78 is 5.37. The lowest BCUT2D eigenvalue weighted by Gasteiger charge is -2.30. The average molecular weight is 356 g/mol. The van der Waals surface area contributed by atoms with Gasteiger partial charge in [-0.2, -0.15) is 0 Å². The summed E-state index contributed by atoms with van der Waals surface area (Å²) in [5.41, 5.74) is 1.97. The molecule has 3 N–H and O–H groups in total. The van der Waals surface area contributed by atoms with Crippen LogP contribution in [0.3, 0.4) is 0 Å². The van der Waals surface area contributed by atoms with Crippen LogP contribution in [0.15, 0.2) is 18.2 Å². The zero-order valence-corrected chi connectivity index (χ0v) is 14.1. The Hall–Kier alpha value is -1.99. The van der Waals surface area contributed by atoms with E-state index in [-0.39, 0.29) is 12.5 Å². The van der Waals surface area contributed by atoms with Gasteiger partial charge in [0.2, 0.25) is 0 Å². The fraction of sp³-hybridized carbons (Fsp3) is 0.500. The molecule has 0 spiro atoms. The number of aliphatic carboxylic acids is 1. The lowest BCUT2D eigenvalue weighted by Crippen LogP contribution is -2.38. The number of anilines is 1. The fourth-order valence-electron chi connectivity index (χ4n) is 2.49. The van der Waals surface area contributed by atoms with Crippen LogP contribution in [0.25, 0.3) is 0 Å². The molecule has 0 aromatic heterocycles. The molecule has 7 nitrogen and oxygen atoms in total. The number of hydrogen-bond donors (Lipinski definition) is 3. The number of carbonyl (C=O) groups is 2. The van der Waals surface area contributed by atoms with Crippen LogP contribution in [-0.4, -0.2) is 50.0 Å². The summed E-state index contributed by atoms with van der Waals surface area (Å²) in [6, 6.07) is 5.31. The van der Waals surface area contributed by atoms with E-state index in [0.29, 0.717) is 37.7 Å². The Balaban J connectivity index is 1.87. The molecule has 1 saturated heterocycles. The number of carboxylic acid groups (broad SMARTS) is 1. The number of rotatable bonds is 7. The third-order valence-corrected chi connectivity index (χ3v) is 3.92. The van der Waals surface area contributed by atoms with E-state index in [1.165, 1.54) is 0 Å². The molecule has 1 aliphatic rings. The Kier molecular flexibility index (Phi) is 7.14. The third kappa shape index (κ3) is 5.90. The summed E-state index contributed by atoms with van der Waals surface area (Å²) >= 11 is 6.08. The van der Waals surface area contributed by atoms with Crippen molar-refractivity contribution in [1.82, 2.24) is 10.6 Å². The molecule has 2 rings (SSSR count). The third-order valence-electron chi connectivity index (χ3n) is 3.69. The number of carbonyl (C=O) groups excluding carboxylic acids is 1. The molecule has 1 aromatic rings. The maximum Gasteiger partial charge on any atom is 0.315 e. The van der Waals surface area contributed by atoms with Crippen molar-refractivity contribution >= 4 is 29.3 Å². The van der Waals surface area contributed by atoms with Crippen LogP contribution >= 0.6 is 11.6 Å². The van der Waals surface area contributed by atoms with Gasteiger partial charge in [-0.15, -0.1) is 0 Å². The number of hydrogen-bond acceptors (Lipinski definition) is 4. The minimum absolute atomic E-state index is 0.0375. The van der Waals surface area contributed by atoms with Gasteiger partial charge in [-0.1, -0.05) is 11.6 Å². The van der Waals surface area contributed by atoms with Crippen molar-refractivity contribution in [2.75, 3.05) is 37.7 Å². The Bertz CT molecular complexity index is 576. The van der Waals surface area contributed by atoms with Crippen molar-refractivity contribution in [3.05, 3.63) is 28.8 Å². The standard InChI is InChI=1S/C16H22ClN3O4/c17-13-3-4-14(20-6-8-24-9-7-20)12(10-13)11-19-16(23)18-5-1-2-15(21)22/h3-4,10H,1-2,5-9,11H2,(H,21,22)(H2,18,19,23). The summed E-state index contributed by atoms with van der Waals surface area (Å²) in [7, 11) is 0. The molecular weight excluding hydrogens is 334 g/mol. The number of amides is 2. The smallest absolute Gasteiger partial charge is 0.315 e. The van der Waals surface area contributed by atoms with Crippen LogP contribution in [0, 0.1) is 0 Å². The number of ether oxygens (including phenoxy) is 1. The van der Waals surface area contributed by atoms with E-state index < -0.39 is 5.97 Å². The molecule has 0 unspecified atom stereocenters. The van der Waals surface area contributed by atoms with Gasteiger partial charge in [0, 0.05) is 43.3 Å². The highest BCUT2D eigenvalue weighted by Crippen LogP contribution is 2.25. The number of halogens is 1. The van der Waals surface area contributed by atoms with Crippen molar-refractivity contribution in [3.63, 3.8) is 0 Å². The van der Waals surface area contributed by atoms with Gasteiger partial charge in [-0.3, -0.25) is 4.79 Å². The Labute approximate surface area is 145 Å². The summed E-state index contributed by atoms with van der Waals surface area (Å²) in [6.07, 6.45) is 0.439. The molecule has 2 amide bonds. The summed E-state index contributed by atoms with van der Waals surface area (Å²) in [5, 5.41) is 14.6. The quantitative estimate of drug-likeness (QED) is 0.649. The monoisotopic (exact) mass is 355 g/mol. The van der Waals surface area contributed by atoms with E-state index >= 15 is 0 Å². The van der Waals surface area contributed by atoms with Crippen molar-refractivity contribution in [2.45, 2.75) is 19.4 Å². The summed E-state index contributed by atoms with van der Waals surface area (Å²) in [5.74, 6) is -0.869. The predicted octanol–water partition coefficient (Wildman–Crippen LogP) is 1.84. The second-order valence-electron chi connectivity index (χ2n) is 5.48. The Morgan fingerprint density at radius 2 is 2.00 bits per heavy atom. The first-order chi connectivity index (χ1) is 11.6. The first-order valence-electron chi connectivity index (χ1n) is 7.91. The van der Waals surface area contributed by atoms with Crippen LogP contribution in [0.5, 0.6) is 0 Å². The van der Waals surface area contributed by atoms with Gasteiger partial charge in [-0.05, 0) is 30.2 Å². The minimum atomic E-state index is -0.869. The van der Waals surface area contributed by atoms with Crippen LogP contribution in [0.1, 0.15) is 18.4 Å². The first-order valence-corrected chi connectivity index (χ1v) is 8.28. The highest BCUT2D eigenvalue weighted by Gasteiger charge is 2.15. The topological polar surface area (TPSA) is 90.9 Å². The molecule has 1 aromatic carbocycles.